The van der Waals surface area contributed by atoms with E-state index in [2.05, 4.69) is 25.1 Å². The number of nitrogens with one attached hydrogen (secondary N) is 1. The van der Waals surface area contributed by atoms with Crippen LogP contribution in [0, 0.1) is 5.82 Å². The lowest BCUT2D eigenvalue weighted by molar-refractivity contribution is 0.479. The van der Waals surface area contributed by atoms with Gasteiger partial charge in [-0.1, -0.05) is 12.1 Å². The third-order valence-corrected chi connectivity index (χ3v) is 6.58. The molecule has 0 saturated carbocycles. The molecule has 9 nitrogen and oxygen atoms in total. The molecule has 0 amide bonds. The molecule has 4 aromatic rings. The molecule has 0 unspecified atom stereocenters. The van der Waals surface area contributed by atoms with Crippen molar-refractivity contribution in [3.63, 3.8) is 0 Å². The van der Waals surface area contributed by atoms with Gasteiger partial charge in [0, 0.05) is 24.5 Å². The molecule has 5 rings (SSSR count). The zero-order chi connectivity index (χ0) is 21.6. The van der Waals surface area contributed by atoms with Crippen molar-refractivity contribution in [1.29, 1.82) is 0 Å². The number of sulfone groups is 1. The lowest BCUT2D eigenvalue weighted by Crippen LogP contribution is -2.21. The second-order valence-corrected chi connectivity index (χ2v) is 9.43. The highest BCUT2D eigenvalue weighted by molar-refractivity contribution is 7.91. The number of halogens is 1. The van der Waals surface area contributed by atoms with Crippen molar-refractivity contribution >= 4 is 26.6 Å². The third-order valence-electron chi connectivity index (χ3n) is 5.07. The number of aromatic amines is 1. The van der Waals surface area contributed by atoms with Gasteiger partial charge < -0.3 is 10.0 Å². The van der Waals surface area contributed by atoms with Gasteiger partial charge in [-0.2, -0.15) is 5.10 Å². The van der Waals surface area contributed by atoms with Crippen LogP contribution in [-0.4, -0.2) is 56.8 Å². The number of nitrogens with zero attached hydrogens (tertiary/aromatic N) is 5. The predicted octanol–water partition coefficient (Wildman–Crippen LogP) is 2.04. The Labute approximate surface area is 176 Å². The fraction of sp³-hybridized carbons (Fsp3) is 0.200. The van der Waals surface area contributed by atoms with E-state index in [1.807, 2.05) is 0 Å². The van der Waals surface area contributed by atoms with E-state index in [4.69, 9.17) is 0 Å². The number of hydrogen-bond donors (Lipinski definition) is 2. The predicted molar refractivity (Wildman–Crippen MR) is 112 cm³/mol. The SMILES string of the molecule is O=S1(=O)CCN(c2nc(-c3n[nH]c(Cc4ccc(F)cc4)n3)c(O)c3ncccc23)C1. The molecule has 1 saturated heterocycles. The lowest BCUT2D eigenvalue weighted by Gasteiger charge is -2.18. The molecule has 1 aromatic carbocycles. The van der Waals surface area contributed by atoms with Crippen molar-refractivity contribution in [3.05, 3.63) is 59.8 Å². The van der Waals surface area contributed by atoms with Crippen molar-refractivity contribution in [2.45, 2.75) is 6.42 Å². The maximum absolute atomic E-state index is 13.1. The zero-order valence-corrected chi connectivity index (χ0v) is 17.0. The molecule has 0 spiro atoms. The van der Waals surface area contributed by atoms with Gasteiger partial charge in [0.1, 0.15) is 28.9 Å². The molecule has 0 bridgehead atoms. The number of anilines is 1. The van der Waals surface area contributed by atoms with E-state index in [9.17, 15) is 17.9 Å². The minimum atomic E-state index is -3.19. The van der Waals surface area contributed by atoms with E-state index in [1.54, 1.807) is 29.2 Å². The lowest BCUT2D eigenvalue weighted by atomic mass is 10.1. The first-order valence-corrected chi connectivity index (χ1v) is 11.3. The zero-order valence-electron chi connectivity index (χ0n) is 16.2. The van der Waals surface area contributed by atoms with Crippen molar-refractivity contribution in [3.8, 4) is 17.3 Å². The second-order valence-electron chi connectivity index (χ2n) is 7.28. The van der Waals surface area contributed by atoms with Gasteiger partial charge >= 0.3 is 0 Å². The minimum Gasteiger partial charge on any atom is -0.504 e. The summed E-state index contributed by atoms with van der Waals surface area (Å²) in [5.74, 6) is 0.444. The summed E-state index contributed by atoms with van der Waals surface area (Å²) in [6.45, 7) is 0.299. The van der Waals surface area contributed by atoms with Crippen molar-refractivity contribution in [1.82, 2.24) is 25.1 Å². The Bertz CT molecular complexity index is 1390. The summed E-state index contributed by atoms with van der Waals surface area (Å²) in [6.07, 6.45) is 1.92. The molecular weight excluding hydrogens is 423 g/mol. The molecule has 1 fully saturated rings. The monoisotopic (exact) mass is 440 g/mol. The molecular formula is C20H17FN6O3S. The van der Waals surface area contributed by atoms with Gasteiger partial charge in [-0.25, -0.2) is 22.8 Å². The molecule has 0 radical (unpaired) electrons. The van der Waals surface area contributed by atoms with Gasteiger partial charge in [-0.15, -0.1) is 0 Å². The second kappa shape index (κ2) is 7.27. The van der Waals surface area contributed by atoms with Crippen LogP contribution in [0.2, 0.25) is 0 Å². The first-order valence-electron chi connectivity index (χ1n) is 9.49. The summed E-state index contributed by atoms with van der Waals surface area (Å²) < 4.78 is 37.1. The smallest absolute Gasteiger partial charge is 0.203 e. The van der Waals surface area contributed by atoms with E-state index in [-0.39, 0.29) is 40.2 Å². The fourth-order valence-electron chi connectivity index (χ4n) is 3.56. The number of H-pyrrole nitrogens is 1. The summed E-state index contributed by atoms with van der Waals surface area (Å²) in [6, 6.07) is 9.47. The Morgan fingerprint density at radius 1 is 1.16 bits per heavy atom. The maximum Gasteiger partial charge on any atom is 0.203 e. The molecule has 4 heterocycles. The number of aromatic hydroxyl groups is 1. The van der Waals surface area contributed by atoms with Crippen molar-refractivity contribution in [2.24, 2.45) is 0 Å². The number of benzene rings is 1. The van der Waals surface area contributed by atoms with Crippen LogP contribution in [0.15, 0.2) is 42.6 Å². The highest BCUT2D eigenvalue weighted by Gasteiger charge is 2.30. The summed E-state index contributed by atoms with van der Waals surface area (Å²) >= 11 is 0. The molecule has 2 N–H and O–H groups in total. The Morgan fingerprint density at radius 3 is 2.71 bits per heavy atom. The van der Waals surface area contributed by atoms with E-state index in [0.29, 0.717) is 30.0 Å². The average molecular weight is 440 g/mol. The number of fused-ring (bicyclic) bond motifs is 1. The Hall–Kier alpha value is -3.60. The van der Waals surface area contributed by atoms with Gasteiger partial charge in [0.05, 0.1) is 5.75 Å². The van der Waals surface area contributed by atoms with Crippen LogP contribution in [-0.2, 0) is 16.3 Å². The van der Waals surface area contributed by atoms with Crippen LogP contribution in [0.1, 0.15) is 11.4 Å². The highest BCUT2D eigenvalue weighted by Crippen LogP contribution is 2.37. The Balaban J connectivity index is 1.56. The van der Waals surface area contributed by atoms with Gasteiger partial charge in [0.15, 0.2) is 21.3 Å². The normalized spacial score (nSPS) is 15.6. The summed E-state index contributed by atoms with van der Waals surface area (Å²) in [5.41, 5.74) is 1.23. The Kier molecular flexibility index (Phi) is 4.54. The van der Waals surface area contributed by atoms with Crippen molar-refractivity contribution < 1.29 is 17.9 Å². The third kappa shape index (κ3) is 3.67. The highest BCUT2D eigenvalue weighted by atomic mass is 32.2. The van der Waals surface area contributed by atoms with Crippen LogP contribution in [0.3, 0.4) is 0 Å². The van der Waals surface area contributed by atoms with Crippen LogP contribution >= 0.6 is 0 Å². The molecule has 0 atom stereocenters. The van der Waals surface area contributed by atoms with E-state index in [0.717, 1.165) is 5.56 Å². The molecule has 1 aliphatic heterocycles. The molecule has 1 aliphatic rings. The Morgan fingerprint density at radius 2 is 1.97 bits per heavy atom. The molecule has 31 heavy (non-hydrogen) atoms. The van der Waals surface area contributed by atoms with Gasteiger partial charge in [-0.3, -0.25) is 10.1 Å². The topological polar surface area (TPSA) is 125 Å². The largest absolute Gasteiger partial charge is 0.504 e. The number of hydrogen-bond acceptors (Lipinski definition) is 8. The number of aromatic nitrogens is 5. The summed E-state index contributed by atoms with van der Waals surface area (Å²) in [5, 5.41) is 18.3. The van der Waals surface area contributed by atoms with E-state index >= 15 is 0 Å². The summed E-state index contributed by atoms with van der Waals surface area (Å²) in [4.78, 5) is 14.8. The van der Waals surface area contributed by atoms with Gasteiger partial charge in [-0.05, 0) is 29.8 Å². The van der Waals surface area contributed by atoms with E-state index < -0.39 is 9.84 Å². The minimum absolute atomic E-state index is 0.0368. The molecule has 11 heteroatoms. The number of pyridine rings is 2. The molecule has 3 aromatic heterocycles. The van der Waals surface area contributed by atoms with Crippen LogP contribution in [0.5, 0.6) is 5.75 Å². The van der Waals surface area contributed by atoms with Gasteiger partial charge in [0.2, 0.25) is 5.82 Å². The maximum atomic E-state index is 13.1. The molecule has 158 valence electrons. The van der Waals surface area contributed by atoms with Crippen LogP contribution < -0.4 is 4.90 Å². The standard InChI is InChI=1S/C20H17FN6O3S/c21-13-5-3-12(4-6-13)10-15-23-19(26-25-15)17-18(28)16-14(2-1-7-22-16)20(24-17)27-8-9-31(29,30)11-27/h1-7,28H,8-11H2,(H,23,25,26). The van der Waals surface area contributed by atoms with Crippen molar-refractivity contribution in [2.75, 3.05) is 23.1 Å². The first kappa shape index (κ1) is 19.4. The van der Waals surface area contributed by atoms with Crippen LogP contribution in [0.4, 0.5) is 10.2 Å². The first-order chi connectivity index (χ1) is 14.9. The molecule has 0 aliphatic carbocycles. The van der Waals surface area contributed by atoms with Crippen LogP contribution in [0.25, 0.3) is 22.4 Å². The quantitative estimate of drug-likeness (QED) is 0.494. The fourth-order valence-corrected chi connectivity index (χ4v) is 4.92. The average Bonchev–Trinajstić information content (AvgIpc) is 3.36. The number of rotatable bonds is 4. The summed E-state index contributed by atoms with van der Waals surface area (Å²) in [7, 11) is -3.19. The van der Waals surface area contributed by atoms with Gasteiger partial charge in [0.25, 0.3) is 0 Å². The van der Waals surface area contributed by atoms with E-state index in [1.165, 1.54) is 18.3 Å².